The van der Waals surface area contributed by atoms with Crippen molar-refractivity contribution in [3.8, 4) is 23.0 Å². The number of hydrogen-bond acceptors (Lipinski definition) is 6. The molecule has 0 bridgehead atoms. The van der Waals surface area contributed by atoms with Crippen molar-refractivity contribution in [2.45, 2.75) is 27.7 Å². The molecule has 32 heavy (non-hydrogen) atoms. The van der Waals surface area contributed by atoms with Crippen molar-refractivity contribution in [2.75, 3.05) is 26.4 Å². The Labute approximate surface area is 198 Å². The molecule has 9 nitrogen and oxygen atoms in total. The minimum absolute atomic E-state index is 0. The highest BCUT2D eigenvalue weighted by atomic mass is 27.0. The molecule has 0 unspecified atom stereocenters. The molecule has 0 spiro atoms. The molecule has 2 aromatic rings. The molecule has 3 radical (unpaired) electrons. The van der Waals surface area contributed by atoms with E-state index in [-0.39, 0.29) is 34.0 Å². The van der Waals surface area contributed by atoms with Crippen LogP contribution in [0.15, 0.2) is 36.4 Å². The summed E-state index contributed by atoms with van der Waals surface area (Å²) in [5.74, 6) is 0.144. The maximum absolute atomic E-state index is 10.7. The highest BCUT2D eigenvalue weighted by molar-refractivity contribution is 5.89. The fourth-order valence-electron chi connectivity index (χ4n) is 2.37. The van der Waals surface area contributed by atoms with Crippen molar-refractivity contribution in [3.05, 3.63) is 47.5 Å². The van der Waals surface area contributed by atoms with Gasteiger partial charge in [0, 0.05) is 17.4 Å². The Morgan fingerprint density at radius 3 is 1.16 bits per heavy atom. The van der Waals surface area contributed by atoms with Crippen LogP contribution in [0.1, 0.15) is 48.4 Å². The summed E-state index contributed by atoms with van der Waals surface area (Å²) in [5.41, 5.74) is 0.392. The molecule has 0 saturated carbocycles. The third kappa shape index (κ3) is 9.92. The minimum atomic E-state index is -0.973. The van der Waals surface area contributed by atoms with E-state index in [1.807, 2.05) is 27.7 Å². The molecule has 2 aromatic carbocycles. The third-order valence-electron chi connectivity index (χ3n) is 3.58. The lowest BCUT2D eigenvalue weighted by molar-refractivity contribution is 0.0685. The van der Waals surface area contributed by atoms with Crippen LogP contribution in [0.5, 0.6) is 23.0 Å². The largest absolute Gasteiger partial charge is 0.490 e. The van der Waals surface area contributed by atoms with E-state index in [9.17, 15) is 9.59 Å². The molecule has 0 aliphatic heterocycles. The van der Waals surface area contributed by atoms with E-state index in [1.54, 1.807) is 12.1 Å². The Morgan fingerprint density at radius 1 is 0.625 bits per heavy atom. The molecule has 0 atom stereocenters. The smallest absolute Gasteiger partial charge is 0.335 e. The molecule has 0 saturated heterocycles. The summed E-state index contributed by atoms with van der Waals surface area (Å²) in [6, 6.07) is 9.15. The molecule has 0 aromatic heterocycles. The first-order valence-electron chi connectivity index (χ1n) is 9.63. The summed E-state index contributed by atoms with van der Waals surface area (Å²) in [4.78, 5) is 21.5. The van der Waals surface area contributed by atoms with Gasteiger partial charge in [-0.2, -0.15) is 0 Å². The molecule has 10 heteroatoms. The van der Waals surface area contributed by atoms with Crippen LogP contribution in [0.4, 0.5) is 0 Å². The van der Waals surface area contributed by atoms with Gasteiger partial charge in [0.2, 0.25) is 0 Å². The average Bonchev–Trinajstić information content (AvgIpc) is 2.71. The van der Waals surface area contributed by atoms with E-state index in [2.05, 4.69) is 0 Å². The van der Waals surface area contributed by atoms with Crippen molar-refractivity contribution in [2.24, 2.45) is 0 Å². The van der Waals surface area contributed by atoms with Gasteiger partial charge in [0.1, 0.15) is 0 Å². The second kappa shape index (κ2) is 16.7. The van der Waals surface area contributed by atoms with Gasteiger partial charge in [-0.25, -0.2) is 9.59 Å². The van der Waals surface area contributed by atoms with Crippen molar-refractivity contribution in [1.82, 2.24) is 0 Å². The molecule has 175 valence electrons. The summed E-state index contributed by atoms with van der Waals surface area (Å²) in [6.45, 7) is 9.39. The normalized spacial score (nSPS) is 9.12. The van der Waals surface area contributed by atoms with Gasteiger partial charge in [-0.05, 0) is 64.1 Å². The maximum Gasteiger partial charge on any atom is 0.335 e. The number of carbonyl (C=O) groups is 2. The number of rotatable bonds is 10. The van der Waals surface area contributed by atoms with Crippen LogP contribution in [-0.4, -0.2) is 71.4 Å². The van der Waals surface area contributed by atoms with Crippen molar-refractivity contribution >= 4 is 29.3 Å². The molecule has 0 fully saturated rings. The first-order valence-corrected chi connectivity index (χ1v) is 9.63. The summed E-state index contributed by atoms with van der Waals surface area (Å²) >= 11 is 0. The van der Waals surface area contributed by atoms with E-state index in [0.29, 0.717) is 49.4 Å². The van der Waals surface area contributed by atoms with E-state index in [1.165, 1.54) is 24.3 Å². The van der Waals surface area contributed by atoms with Crippen molar-refractivity contribution in [3.63, 3.8) is 0 Å². The summed E-state index contributed by atoms with van der Waals surface area (Å²) < 4.78 is 21.2. The van der Waals surface area contributed by atoms with Crippen LogP contribution in [-0.2, 0) is 0 Å². The number of carboxylic acids is 2. The fourth-order valence-corrected chi connectivity index (χ4v) is 2.37. The van der Waals surface area contributed by atoms with Crippen molar-refractivity contribution < 1.29 is 44.2 Å². The summed E-state index contributed by atoms with van der Waals surface area (Å²) in [6.07, 6.45) is 0. The number of carboxylic acid groups (broad SMARTS) is 2. The molecule has 4 N–H and O–H groups in total. The summed E-state index contributed by atoms with van der Waals surface area (Å²) in [5, 5.41) is 17.6. The Balaban J connectivity index is 0. The predicted octanol–water partition coefficient (Wildman–Crippen LogP) is 3.16. The topological polar surface area (TPSA) is 143 Å². The molecule has 0 amide bonds. The van der Waals surface area contributed by atoms with Gasteiger partial charge >= 0.3 is 11.9 Å². The Hall–Kier alpha value is -2.93. The number of aromatic carboxylic acids is 2. The standard InChI is InChI=1S/2C11H14O4.Al.H2O/c2*1-3-14-9-6-5-8(11(12)13)7-10(9)15-4-2;;/h2*5-7H,3-4H2,1-2H3,(H,12,13);;1H2. The fraction of sp³-hybridized carbons (Fsp3) is 0.364. The van der Waals surface area contributed by atoms with E-state index in [0.717, 1.165) is 0 Å². The first kappa shape index (κ1) is 31.3. The van der Waals surface area contributed by atoms with Crippen molar-refractivity contribution in [1.29, 1.82) is 0 Å². The zero-order valence-corrected chi connectivity index (χ0v) is 19.9. The highest BCUT2D eigenvalue weighted by Gasteiger charge is 2.10. The molecular formula is C22H30AlO9. The zero-order valence-electron chi connectivity index (χ0n) is 18.7. The predicted molar refractivity (Wildman–Crippen MR) is 121 cm³/mol. The molecular weight excluding hydrogens is 435 g/mol. The van der Waals surface area contributed by atoms with Gasteiger partial charge in [0.05, 0.1) is 37.6 Å². The Kier molecular flexibility index (Phi) is 16.3. The van der Waals surface area contributed by atoms with Crippen LogP contribution in [0.25, 0.3) is 0 Å². The van der Waals surface area contributed by atoms with Gasteiger partial charge in [0.15, 0.2) is 23.0 Å². The number of benzene rings is 2. The average molecular weight is 465 g/mol. The van der Waals surface area contributed by atoms with Crippen LogP contribution in [0, 0.1) is 0 Å². The second-order valence-corrected chi connectivity index (χ2v) is 5.67. The van der Waals surface area contributed by atoms with Crippen LogP contribution in [0.2, 0.25) is 0 Å². The lowest BCUT2D eigenvalue weighted by atomic mass is 10.2. The van der Waals surface area contributed by atoms with Crippen LogP contribution in [0.3, 0.4) is 0 Å². The maximum atomic E-state index is 10.7. The number of hydrogen-bond donors (Lipinski definition) is 2. The SMILES string of the molecule is CCOc1ccc(C(=O)O)cc1OCC.CCOc1ccc(C(=O)O)cc1OCC.O.[Al]. The third-order valence-corrected chi connectivity index (χ3v) is 3.58. The summed E-state index contributed by atoms with van der Waals surface area (Å²) in [7, 11) is 0. The highest BCUT2D eigenvalue weighted by Crippen LogP contribution is 2.29. The lowest BCUT2D eigenvalue weighted by Crippen LogP contribution is -2.01. The quantitative estimate of drug-likeness (QED) is 0.510. The van der Waals surface area contributed by atoms with Gasteiger partial charge in [-0.15, -0.1) is 0 Å². The van der Waals surface area contributed by atoms with E-state index in [4.69, 9.17) is 29.2 Å². The van der Waals surface area contributed by atoms with Gasteiger partial charge in [-0.3, -0.25) is 0 Å². The first-order chi connectivity index (χ1) is 14.4. The lowest BCUT2D eigenvalue weighted by Gasteiger charge is -2.10. The molecule has 0 heterocycles. The van der Waals surface area contributed by atoms with E-state index < -0.39 is 11.9 Å². The van der Waals surface area contributed by atoms with E-state index >= 15 is 0 Å². The minimum Gasteiger partial charge on any atom is -0.490 e. The van der Waals surface area contributed by atoms with Crippen LogP contribution < -0.4 is 18.9 Å². The second-order valence-electron chi connectivity index (χ2n) is 5.67. The zero-order chi connectivity index (χ0) is 22.5. The molecule has 2 rings (SSSR count). The molecule has 0 aliphatic rings. The van der Waals surface area contributed by atoms with Gasteiger partial charge < -0.3 is 34.6 Å². The van der Waals surface area contributed by atoms with Gasteiger partial charge in [0.25, 0.3) is 0 Å². The molecule has 0 aliphatic carbocycles. The van der Waals surface area contributed by atoms with Crippen LogP contribution >= 0.6 is 0 Å². The Bertz CT molecular complexity index is 771. The Morgan fingerprint density at radius 2 is 0.906 bits per heavy atom. The monoisotopic (exact) mass is 465 g/mol. The van der Waals surface area contributed by atoms with Gasteiger partial charge in [-0.1, -0.05) is 0 Å². The number of ether oxygens (including phenoxy) is 4.